The van der Waals surface area contributed by atoms with Crippen LogP contribution in [0.15, 0.2) is 24.3 Å². The number of carbonyl (C=O) groups is 3. The number of hydrogen-bond acceptors (Lipinski definition) is 3. The van der Waals surface area contributed by atoms with E-state index in [1.54, 1.807) is 12.1 Å². The number of halogens is 1. The van der Waals surface area contributed by atoms with Gasteiger partial charge in [-0.15, -0.1) is 0 Å². The lowest BCUT2D eigenvalue weighted by Crippen LogP contribution is -2.57. The molecule has 1 saturated heterocycles. The van der Waals surface area contributed by atoms with Crippen LogP contribution < -0.4 is 15.8 Å². The molecule has 7 heteroatoms. The van der Waals surface area contributed by atoms with E-state index in [0.717, 1.165) is 19.3 Å². The van der Waals surface area contributed by atoms with Crippen molar-refractivity contribution in [1.82, 2.24) is 10.9 Å². The zero-order valence-electron chi connectivity index (χ0n) is 16.3. The monoisotopic (exact) mass is 399 g/mol. The Bertz CT molecular complexity index is 835. The van der Waals surface area contributed by atoms with E-state index in [4.69, 9.17) is 0 Å². The normalized spacial score (nSPS) is 35.1. The Balaban J connectivity index is 1.20. The maximum Gasteiger partial charge on any atom is 0.244 e. The average Bonchev–Trinajstić information content (AvgIpc) is 3.06. The Morgan fingerprint density at radius 1 is 1.00 bits per heavy atom. The van der Waals surface area contributed by atoms with E-state index in [9.17, 15) is 18.8 Å². The first-order valence-corrected chi connectivity index (χ1v) is 10.6. The molecule has 1 aromatic rings. The van der Waals surface area contributed by atoms with Gasteiger partial charge in [-0.1, -0.05) is 12.1 Å². The van der Waals surface area contributed by atoms with Crippen molar-refractivity contribution in [3.8, 4) is 0 Å². The van der Waals surface area contributed by atoms with Crippen LogP contribution in [0.3, 0.4) is 0 Å². The third kappa shape index (κ3) is 3.20. The minimum absolute atomic E-state index is 0.00734. The summed E-state index contributed by atoms with van der Waals surface area (Å²) in [5, 5.41) is 0. The molecule has 4 aliphatic carbocycles. The SMILES string of the molecule is O=C(NNC(=O)C12CC3CC(CC(C3)C1)C2)C1CC(=O)N(c2ccccc2F)C1. The zero-order valence-corrected chi connectivity index (χ0v) is 16.3. The Morgan fingerprint density at radius 2 is 1.62 bits per heavy atom. The van der Waals surface area contributed by atoms with Crippen LogP contribution in [0.25, 0.3) is 0 Å². The van der Waals surface area contributed by atoms with Crippen molar-refractivity contribution in [2.24, 2.45) is 29.1 Å². The van der Waals surface area contributed by atoms with Crippen molar-refractivity contribution in [1.29, 1.82) is 0 Å². The standard InChI is InChI=1S/C22H26FN3O3/c23-17-3-1-2-4-18(17)26-12-16(8-19(26)27)20(28)24-25-21(29)22-9-13-5-14(10-22)7-15(6-13)11-22/h1-4,13-16H,5-12H2,(H,24,28)(H,25,29). The van der Waals surface area contributed by atoms with Crippen molar-refractivity contribution in [3.05, 3.63) is 30.1 Å². The summed E-state index contributed by atoms with van der Waals surface area (Å²) in [5.74, 6) is 0.0624. The van der Waals surface area contributed by atoms with Crippen LogP contribution in [-0.2, 0) is 14.4 Å². The molecule has 154 valence electrons. The number of nitrogens with zero attached hydrogens (tertiary/aromatic N) is 1. The van der Waals surface area contributed by atoms with Gasteiger partial charge in [0.2, 0.25) is 17.7 Å². The maximum absolute atomic E-state index is 14.0. The second-order valence-corrected chi connectivity index (χ2v) is 9.50. The quantitative estimate of drug-likeness (QED) is 0.767. The van der Waals surface area contributed by atoms with Gasteiger partial charge < -0.3 is 4.90 Å². The molecular formula is C22H26FN3O3. The van der Waals surface area contributed by atoms with Crippen LogP contribution in [0, 0.1) is 34.9 Å². The molecular weight excluding hydrogens is 373 g/mol. The Hall–Kier alpha value is -2.44. The number of hydrogen-bond donors (Lipinski definition) is 2. The Labute approximate surface area is 169 Å². The molecule has 4 saturated carbocycles. The maximum atomic E-state index is 14.0. The Kier molecular flexibility index (Phi) is 4.37. The highest BCUT2D eigenvalue weighted by molar-refractivity contribution is 6.00. The van der Waals surface area contributed by atoms with Gasteiger partial charge in [0.15, 0.2) is 0 Å². The number of rotatable bonds is 3. The predicted octanol–water partition coefficient (Wildman–Crippen LogP) is 2.54. The van der Waals surface area contributed by atoms with Crippen LogP contribution in [0.5, 0.6) is 0 Å². The molecule has 0 spiro atoms. The van der Waals surface area contributed by atoms with Gasteiger partial charge in [0.25, 0.3) is 0 Å². The fourth-order valence-electron chi connectivity index (χ4n) is 6.53. The third-order valence-corrected chi connectivity index (χ3v) is 7.46. The number of benzene rings is 1. The number of carbonyl (C=O) groups excluding carboxylic acids is 3. The van der Waals surface area contributed by atoms with Gasteiger partial charge in [-0.25, -0.2) is 4.39 Å². The molecule has 6 rings (SSSR count). The van der Waals surface area contributed by atoms with Crippen LogP contribution in [0.2, 0.25) is 0 Å². The summed E-state index contributed by atoms with van der Waals surface area (Å²) in [5.41, 5.74) is 5.05. The molecule has 29 heavy (non-hydrogen) atoms. The Morgan fingerprint density at radius 3 is 2.24 bits per heavy atom. The highest BCUT2D eigenvalue weighted by atomic mass is 19.1. The second kappa shape index (κ2) is 6.82. The van der Waals surface area contributed by atoms with E-state index in [0.29, 0.717) is 17.8 Å². The number of para-hydroxylation sites is 1. The van der Waals surface area contributed by atoms with Crippen LogP contribution in [0.4, 0.5) is 10.1 Å². The summed E-state index contributed by atoms with van der Waals surface area (Å²) in [6.45, 7) is 0.110. The molecule has 6 nitrogen and oxygen atoms in total. The van der Waals surface area contributed by atoms with Gasteiger partial charge in [0, 0.05) is 13.0 Å². The summed E-state index contributed by atoms with van der Waals surface area (Å²) in [7, 11) is 0. The molecule has 0 radical (unpaired) electrons. The van der Waals surface area contributed by atoms with Crippen molar-refractivity contribution in [2.45, 2.75) is 44.9 Å². The highest BCUT2D eigenvalue weighted by Gasteiger charge is 2.54. The van der Waals surface area contributed by atoms with E-state index in [1.807, 2.05) is 0 Å². The highest BCUT2D eigenvalue weighted by Crippen LogP contribution is 2.60. The number of anilines is 1. The summed E-state index contributed by atoms with van der Waals surface area (Å²) in [6.07, 6.45) is 6.50. The van der Waals surface area contributed by atoms with E-state index < -0.39 is 17.6 Å². The summed E-state index contributed by atoms with van der Waals surface area (Å²) < 4.78 is 14.0. The molecule has 5 aliphatic rings. The van der Waals surface area contributed by atoms with Gasteiger partial charge in [0.05, 0.1) is 17.0 Å². The van der Waals surface area contributed by atoms with E-state index in [-0.39, 0.29) is 35.9 Å². The second-order valence-electron chi connectivity index (χ2n) is 9.50. The number of nitrogens with one attached hydrogen (secondary N) is 2. The van der Waals surface area contributed by atoms with E-state index in [2.05, 4.69) is 10.9 Å². The summed E-state index contributed by atoms with van der Waals surface area (Å²) in [4.78, 5) is 39.2. The molecule has 0 aromatic heterocycles. The minimum atomic E-state index is -0.612. The lowest BCUT2D eigenvalue weighted by atomic mass is 9.49. The number of amides is 3. The van der Waals surface area contributed by atoms with Crippen molar-refractivity contribution < 1.29 is 18.8 Å². The molecule has 1 atom stereocenters. The van der Waals surface area contributed by atoms with Gasteiger partial charge in [-0.05, 0) is 68.4 Å². The largest absolute Gasteiger partial charge is 0.309 e. The molecule has 1 aliphatic heterocycles. The molecule has 1 aromatic carbocycles. The molecule has 2 N–H and O–H groups in total. The summed E-state index contributed by atoms with van der Waals surface area (Å²) in [6, 6.07) is 6.04. The molecule has 3 amide bonds. The first-order chi connectivity index (χ1) is 13.9. The van der Waals surface area contributed by atoms with E-state index in [1.165, 1.54) is 36.3 Å². The van der Waals surface area contributed by atoms with Crippen LogP contribution in [0.1, 0.15) is 44.9 Å². The molecule has 1 heterocycles. The van der Waals surface area contributed by atoms with E-state index >= 15 is 0 Å². The smallest absolute Gasteiger partial charge is 0.244 e. The average molecular weight is 399 g/mol. The zero-order chi connectivity index (χ0) is 20.2. The first-order valence-electron chi connectivity index (χ1n) is 10.6. The summed E-state index contributed by atoms with van der Waals surface area (Å²) >= 11 is 0. The lowest BCUT2D eigenvalue weighted by Gasteiger charge is -2.55. The molecule has 4 bridgehead atoms. The van der Waals surface area contributed by atoms with Crippen molar-refractivity contribution >= 4 is 23.4 Å². The van der Waals surface area contributed by atoms with Crippen LogP contribution >= 0.6 is 0 Å². The molecule has 1 unspecified atom stereocenters. The van der Waals surface area contributed by atoms with Crippen LogP contribution in [-0.4, -0.2) is 24.3 Å². The van der Waals surface area contributed by atoms with Crippen molar-refractivity contribution in [3.63, 3.8) is 0 Å². The fraction of sp³-hybridized carbons (Fsp3) is 0.591. The third-order valence-electron chi connectivity index (χ3n) is 7.46. The van der Waals surface area contributed by atoms with Crippen molar-refractivity contribution in [2.75, 3.05) is 11.4 Å². The fourth-order valence-corrected chi connectivity index (χ4v) is 6.53. The minimum Gasteiger partial charge on any atom is -0.309 e. The van der Waals surface area contributed by atoms with Gasteiger partial charge in [-0.2, -0.15) is 0 Å². The lowest BCUT2D eigenvalue weighted by molar-refractivity contribution is -0.149. The predicted molar refractivity (Wildman–Crippen MR) is 104 cm³/mol. The topological polar surface area (TPSA) is 78.5 Å². The molecule has 5 fully saturated rings. The van der Waals surface area contributed by atoms with Gasteiger partial charge in [0.1, 0.15) is 5.82 Å². The van der Waals surface area contributed by atoms with Gasteiger partial charge in [-0.3, -0.25) is 25.2 Å². The number of hydrazine groups is 1. The first kappa shape index (κ1) is 18.6. The van der Waals surface area contributed by atoms with Gasteiger partial charge >= 0.3 is 0 Å².